The summed E-state index contributed by atoms with van der Waals surface area (Å²) in [5.74, 6) is 0. The molecular weight excluding hydrogens is 333 g/mol. The Morgan fingerprint density at radius 2 is 1.86 bits per heavy atom. The van der Waals surface area contributed by atoms with Crippen molar-refractivity contribution in [1.82, 2.24) is 0 Å². The SMILES string of the molecule is N#Cc1ccc(Cl)c(NS(=O)(=O)c2cc(Cl)ccc2N)c1. The maximum atomic E-state index is 12.3. The number of halogens is 2. The highest BCUT2D eigenvalue weighted by molar-refractivity contribution is 7.92. The smallest absolute Gasteiger partial charge is 0.264 e. The number of nitrogens with one attached hydrogen (secondary N) is 1. The Bertz CT molecular complexity index is 845. The monoisotopic (exact) mass is 341 g/mol. The number of hydrogen-bond acceptors (Lipinski definition) is 4. The summed E-state index contributed by atoms with van der Waals surface area (Å²) in [5, 5.41) is 9.24. The second-order valence-corrected chi connectivity index (χ2v) is 6.59. The van der Waals surface area contributed by atoms with Gasteiger partial charge in [0, 0.05) is 5.02 Å². The summed E-state index contributed by atoms with van der Waals surface area (Å²) < 4.78 is 27.0. The van der Waals surface area contributed by atoms with Crippen LogP contribution >= 0.6 is 23.2 Å². The van der Waals surface area contributed by atoms with E-state index in [2.05, 4.69) is 4.72 Å². The van der Waals surface area contributed by atoms with Crippen molar-refractivity contribution in [3.8, 4) is 6.07 Å². The Labute approximate surface area is 132 Å². The number of nitrogens with zero attached hydrogens (tertiary/aromatic N) is 1. The maximum Gasteiger partial charge on any atom is 0.264 e. The van der Waals surface area contributed by atoms with Gasteiger partial charge in [0.05, 0.1) is 28.0 Å². The summed E-state index contributed by atoms with van der Waals surface area (Å²) >= 11 is 11.7. The zero-order valence-electron chi connectivity index (χ0n) is 10.5. The number of benzene rings is 2. The highest BCUT2D eigenvalue weighted by Gasteiger charge is 2.19. The molecule has 5 nitrogen and oxygen atoms in total. The van der Waals surface area contributed by atoms with Crippen LogP contribution in [0.2, 0.25) is 10.0 Å². The predicted octanol–water partition coefficient (Wildman–Crippen LogP) is 3.25. The number of sulfonamides is 1. The van der Waals surface area contributed by atoms with E-state index in [1.165, 1.54) is 36.4 Å². The third kappa shape index (κ3) is 3.39. The molecule has 2 aromatic carbocycles. The largest absolute Gasteiger partial charge is 0.398 e. The van der Waals surface area contributed by atoms with E-state index in [0.29, 0.717) is 0 Å². The van der Waals surface area contributed by atoms with Crippen molar-refractivity contribution in [2.75, 3.05) is 10.5 Å². The molecule has 0 unspecified atom stereocenters. The number of nitrogens with two attached hydrogens (primary N) is 1. The lowest BCUT2D eigenvalue weighted by Crippen LogP contribution is -2.15. The van der Waals surface area contributed by atoms with E-state index < -0.39 is 10.0 Å². The molecule has 2 aromatic rings. The van der Waals surface area contributed by atoms with Crippen LogP contribution < -0.4 is 10.5 Å². The van der Waals surface area contributed by atoms with Crippen LogP contribution in [0.15, 0.2) is 41.3 Å². The molecule has 0 bridgehead atoms. The summed E-state index contributed by atoms with van der Waals surface area (Å²) in [4.78, 5) is -0.159. The third-order valence-corrected chi connectivity index (χ3v) is 4.59. The van der Waals surface area contributed by atoms with E-state index in [1.54, 1.807) is 0 Å². The summed E-state index contributed by atoms with van der Waals surface area (Å²) in [6.45, 7) is 0. The summed E-state index contributed by atoms with van der Waals surface area (Å²) in [6, 6.07) is 10.3. The van der Waals surface area contributed by atoms with Crippen molar-refractivity contribution in [1.29, 1.82) is 5.26 Å². The molecule has 0 atom stereocenters. The molecule has 0 saturated heterocycles. The van der Waals surface area contributed by atoms with Crippen LogP contribution in [-0.2, 0) is 10.0 Å². The number of nitriles is 1. The minimum absolute atomic E-state index is 0.0551. The zero-order chi connectivity index (χ0) is 15.6. The lowest BCUT2D eigenvalue weighted by Gasteiger charge is -2.12. The van der Waals surface area contributed by atoms with Crippen LogP contribution in [-0.4, -0.2) is 8.42 Å². The van der Waals surface area contributed by atoms with Crippen LogP contribution in [0.4, 0.5) is 11.4 Å². The Morgan fingerprint density at radius 1 is 1.14 bits per heavy atom. The molecule has 0 amide bonds. The van der Waals surface area contributed by atoms with Crippen molar-refractivity contribution in [3.63, 3.8) is 0 Å². The van der Waals surface area contributed by atoms with E-state index >= 15 is 0 Å². The second-order valence-electron chi connectivity index (χ2n) is 4.09. The molecule has 0 aromatic heterocycles. The van der Waals surface area contributed by atoms with Crippen molar-refractivity contribution >= 4 is 44.6 Å². The van der Waals surface area contributed by atoms with E-state index in [-0.39, 0.29) is 31.9 Å². The lowest BCUT2D eigenvalue weighted by molar-refractivity contribution is 0.601. The molecule has 2 rings (SSSR count). The van der Waals surface area contributed by atoms with Crippen LogP contribution in [0, 0.1) is 11.3 Å². The molecule has 3 N–H and O–H groups in total. The lowest BCUT2D eigenvalue weighted by atomic mass is 10.2. The second kappa shape index (κ2) is 5.82. The van der Waals surface area contributed by atoms with Gasteiger partial charge in [-0.2, -0.15) is 5.26 Å². The van der Waals surface area contributed by atoms with E-state index in [4.69, 9.17) is 34.2 Å². The van der Waals surface area contributed by atoms with Gasteiger partial charge in [-0.15, -0.1) is 0 Å². The molecule has 0 fully saturated rings. The fourth-order valence-corrected chi connectivity index (χ4v) is 3.30. The Hall–Kier alpha value is -1.94. The molecule has 0 radical (unpaired) electrons. The minimum atomic E-state index is -3.97. The first-order valence-corrected chi connectivity index (χ1v) is 7.85. The van der Waals surface area contributed by atoms with Crippen molar-refractivity contribution in [2.45, 2.75) is 4.90 Å². The maximum absolute atomic E-state index is 12.3. The number of hydrogen-bond donors (Lipinski definition) is 2. The molecule has 0 heterocycles. The molecule has 0 spiro atoms. The Balaban J connectivity index is 2.47. The predicted molar refractivity (Wildman–Crippen MR) is 82.8 cm³/mol. The van der Waals surface area contributed by atoms with E-state index in [0.717, 1.165) is 0 Å². The number of nitrogen functional groups attached to an aromatic ring is 1. The quantitative estimate of drug-likeness (QED) is 0.837. The highest BCUT2D eigenvalue weighted by atomic mass is 35.5. The van der Waals surface area contributed by atoms with Gasteiger partial charge in [-0.3, -0.25) is 4.72 Å². The van der Waals surface area contributed by atoms with Crippen LogP contribution in [0.1, 0.15) is 5.56 Å². The van der Waals surface area contributed by atoms with Crippen molar-refractivity contribution in [2.24, 2.45) is 0 Å². The fraction of sp³-hybridized carbons (Fsp3) is 0. The Morgan fingerprint density at radius 3 is 2.52 bits per heavy atom. The van der Waals surface area contributed by atoms with Crippen LogP contribution in [0.3, 0.4) is 0 Å². The van der Waals surface area contributed by atoms with Crippen molar-refractivity contribution < 1.29 is 8.42 Å². The van der Waals surface area contributed by atoms with Gasteiger partial charge in [-0.1, -0.05) is 23.2 Å². The highest BCUT2D eigenvalue weighted by Crippen LogP contribution is 2.28. The first-order valence-electron chi connectivity index (χ1n) is 5.61. The molecule has 108 valence electrons. The normalized spacial score (nSPS) is 10.9. The van der Waals surface area contributed by atoms with Crippen molar-refractivity contribution in [3.05, 3.63) is 52.0 Å². The van der Waals surface area contributed by atoms with Gasteiger partial charge >= 0.3 is 0 Å². The average molecular weight is 342 g/mol. The average Bonchev–Trinajstić information content (AvgIpc) is 2.43. The van der Waals surface area contributed by atoms with Crippen LogP contribution in [0.25, 0.3) is 0 Å². The van der Waals surface area contributed by atoms with Gasteiger partial charge in [0.25, 0.3) is 10.0 Å². The van der Waals surface area contributed by atoms with Gasteiger partial charge in [-0.25, -0.2) is 8.42 Å². The van der Waals surface area contributed by atoms with Gasteiger partial charge < -0.3 is 5.73 Å². The molecule has 0 saturated carbocycles. The molecule has 0 aliphatic rings. The van der Waals surface area contributed by atoms with Gasteiger partial charge in [0.15, 0.2) is 0 Å². The standard InChI is InChI=1S/C13H9Cl2N3O2S/c14-9-2-4-11(17)13(6-9)21(19,20)18-12-5-8(7-16)1-3-10(12)15/h1-6,18H,17H2. The van der Waals surface area contributed by atoms with Gasteiger partial charge in [0.1, 0.15) is 4.90 Å². The minimum Gasteiger partial charge on any atom is -0.398 e. The third-order valence-electron chi connectivity index (χ3n) is 2.60. The summed E-state index contributed by atoms with van der Waals surface area (Å²) in [5.41, 5.74) is 6.08. The fourth-order valence-electron chi connectivity index (χ4n) is 1.61. The Kier molecular flexibility index (Phi) is 4.28. The molecule has 21 heavy (non-hydrogen) atoms. The zero-order valence-corrected chi connectivity index (χ0v) is 12.8. The van der Waals surface area contributed by atoms with Crippen LogP contribution in [0.5, 0.6) is 0 Å². The number of rotatable bonds is 3. The molecule has 0 aliphatic carbocycles. The summed E-state index contributed by atoms with van der Waals surface area (Å²) in [7, 11) is -3.97. The number of anilines is 2. The summed E-state index contributed by atoms with van der Waals surface area (Å²) in [6.07, 6.45) is 0. The molecule has 0 aliphatic heterocycles. The van der Waals surface area contributed by atoms with Gasteiger partial charge in [0.2, 0.25) is 0 Å². The van der Waals surface area contributed by atoms with Gasteiger partial charge in [-0.05, 0) is 36.4 Å². The topological polar surface area (TPSA) is 96.0 Å². The van der Waals surface area contributed by atoms with E-state index in [9.17, 15) is 8.42 Å². The molecular formula is C13H9Cl2N3O2S. The van der Waals surface area contributed by atoms with E-state index in [1.807, 2.05) is 6.07 Å². The first-order chi connectivity index (χ1) is 9.83. The molecule has 8 heteroatoms. The first kappa shape index (κ1) is 15.4.